The highest BCUT2D eigenvalue weighted by molar-refractivity contribution is 5.91. The second-order valence-corrected chi connectivity index (χ2v) is 12.0. The van der Waals surface area contributed by atoms with E-state index in [1.54, 1.807) is 92.7 Å². The summed E-state index contributed by atoms with van der Waals surface area (Å²) in [7, 11) is 2.98. The lowest BCUT2D eigenvalue weighted by Crippen LogP contribution is -2.66. The van der Waals surface area contributed by atoms with Crippen LogP contribution in [0.5, 0.6) is 11.5 Å². The average molecular weight is 674 g/mol. The first-order valence-corrected chi connectivity index (χ1v) is 15.5. The SMILES string of the molecule is COc1ccc(C(c2ccccc2)(c2ccc(OC)cc2)[C@@]2(n3cnc4c(=O)[nH]c(NC(=O)C(C)C)nc43)O[C@H](CO)[C@@H](O)[C@]2(O)F)cc1. The molecular formula is C35H36FN5O8. The van der Waals surface area contributed by atoms with Crippen molar-refractivity contribution in [3.63, 3.8) is 0 Å². The Kier molecular flexibility index (Phi) is 8.75. The molecule has 14 heteroatoms. The number of carbonyl (C=O) groups is 1. The fourth-order valence-corrected chi connectivity index (χ4v) is 6.63. The standard InChI is InChI=1S/C35H36FN5O8/c1-20(2)30(44)39-32-38-29-27(31(45)40-32)37-19-41(29)35(34(36,46)28(43)26(18-42)49-35)33(21-8-6-5-7-9-21,22-10-14-24(47-3)15-11-22)23-12-16-25(48-4)17-13-23/h5-17,19-20,26,28,42-43,46H,18H2,1-4H3,(H2,38,39,40,44,45)/t26-,28-,34-,35-/m1/s1. The van der Waals surface area contributed by atoms with E-state index in [-0.39, 0.29) is 17.1 Å². The van der Waals surface area contributed by atoms with Gasteiger partial charge in [0.2, 0.25) is 17.6 Å². The number of rotatable bonds is 10. The molecule has 1 aliphatic rings. The molecule has 3 aromatic carbocycles. The smallest absolute Gasteiger partial charge is 0.285 e. The van der Waals surface area contributed by atoms with E-state index in [9.17, 15) is 24.9 Å². The van der Waals surface area contributed by atoms with Crippen LogP contribution >= 0.6 is 0 Å². The number of aliphatic hydroxyl groups excluding tert-OH is 2. The number of alkyl halides is 1. The molecule has 4 atom stereocenters. The number of aromatic nitrogens is 4. The number of hydrogen-bond donors (Lipinski definition) is 5. The van der Waals surface area contributed by atoms with Gasteiger partial charge in [-0.05, 0) is 41.0 Å². The number of H-pyrrole nitrogens is 1. The van der Waals surface area contributed by atoms with Crippen LogP contribution in [0.15, 0.2) is 90.0 Å². The number of nitrogens with one attached hydrogen (secondary N) is 2. The molecule has 6 rings (SSSR count). The molecule has 0 aliphatic carbocycles. The minimum Gasteiger partial charge on any atom is -0.497 e. The van der Waals surface area contributed by atoms with Gasteiger partial charge in [0.1, 0.15) is 23.7 Å². The molecule has 0 spiro atoms. The Morgan fingerprint density at radius 3 is 2.06 bits per heavy atom. The normalized spacial score (nSPS) is 22.4. The molecular weight excluding hydrogens is 637 g/mol. The Morgan fingerprint density at radius 1 is 1.02 bits per heavy atom. The minimum absolute atomic E-state index is 0.271. The second kappa shape index (κ2) is 12.7. The Morgan fingerprint density at radius 2 is 1.57 bits per heavy atom. The summed E-state index contributed by atoms with van der Waals surface area (Å²) < 4.78 is 36.4. The Balaban J connectivity index is 1.83. The van der Waals surface area contributed by atoms with Gasteiger partial charge in [0, 0.05) is 5.92 Å². The number of aliphatic hydroxyl groups is 3. The zero-order valence-electron chi connectivity index (χ0n) is 27.1. The van der Waals surface area contributed by atoms with Crippen LogP contribution in [0.4, 0.5) is 10.3 Å². The Bertz CT molecular complexity index is 1970. The summed E-state index contributed by atoms with van der Waals surface area (Å²) in [6.07, 6.45) is -2.94. The number of imidazole rings is 1. The largest absolute Gasteiger partial charge is 0.497 e. The van der Waals surface area contributed by atoms with E-state index >= 15 is 4.39 Å². The van der Waals surface area contributed by atoms with Crippen LogP contribution in [0.3, 0.4) is 0 Å². The van der Waals surface area contributed by atoms with E-state index in [1.165, 1.54) is 14.2 Å². The average Bonchev–Trinajstić information content (AvgIpc) is 3.63. The number of halogens is 1. The lowest BCUT2D eigenvalue weighted by Gasteiger charge is -2.52. The van der Waals surface area contributed by atoms with Gasteiger partial charge in [0.05, 0.1) is 32.6 Å². The molecule has 0 saturated carbocycles. The number of nitrogens with zero attached hydrogens (tertiary/aromatic N) is 3. The molecule has 1 amide bonds. The number of ether oxygens (including phenoxy) is 3. The monoisotopic (exact) mass is 673 g/mol. The Hall–Kier alpha value is -5.15. The number of anilines is 1. The van der Waals surface area contributed by atoms with E-state index in [4.69, 9.17) is 14.2 Å². The first-order chi connectivity index (χ1) is 23.5. The molecule has 0 radical (unpaired) electrons. The predicted molar refractivity (Wildman–Crippen MR) is 176 cm³/mol. The van der Waals surface area contributed by atoms with Gasteiger partial charge in [-0.25, -0.2) is 9.37 Å². The van der Waals surface area contributed by atoms with Crippen LogP contribution < -0.4 is 20.3 Å². The van der Waals surface area contributed by atoms with Crippen LogP contribution in [0.25, 0.3) is 11.2 Å². The second-order valence-electron chi connectivity index (χ2n) is 12.0. The first-order valence-electron chi connectivity index (χ1n) is 15.5. The van der Waals surface area contributed by atoms with E-state index in [0.717, 1.165) is 10.9 Å². The lowest BCUT2D eigenvalue weighted by atomic mass is 9.60. The van der Waals surface area contributed by atoms with Crippen LogP contribution in [-0.2, 0) is 20.7 Å². The molecule has 2 aromatic heterocycles. The van der Waals surface area contributed by atoms with Crippen molar-refractivity contribution in [3.8, 4) is 11.5 Å². The Labute approximate surface area is 279 Å². The third kappa shape index (κ3) is 5.06. The van der Waals surface area contributed by atoms with Crippen LogP contribution in [-0.4, -0.2) is 79.6 Å². The van der Waals surface area contributed by atoms with E-state index in [0.29, 0.717) is 28.2 Å². The highest BCUT2D eigenvalue weighted by Crippen LogP contribution is 2.62. The van der Waals surface area contributed by atoms with Crippen molar-refractivity contribution < 1.29 is 38.7 Å². The van der Waals surface area contributed by atoms with Crippen molar-refractivity contribution in [3.05, 3.63) is 112 Å². The summed E-state index contributed by atoms with van der Waals surface area (Å²) in [5.74, 6) is -4.02. The summed E-state index contributed by atoms with van der Waals surface area (Å²) in [5, 5.41) is 36.7. The number of fused-ring (bicyclic) bond motifs is 1. The minimum atomic E-state index is -3.74. The summed E-state index contributed by atoms with van der Waals surface area (Å²) in [5.41, 5.74) is -5.10. The summed E-state index contributed by atoms with van der Waals surface area (Å²) >= 11 is 0. The maximum Gasteiger partial charge on any atom is 0.285 e. The topological polar surface area (TPSA) is 181 Å². The summed E-state index contributed by atoms with van der Waals surface area (Å²) in [4.78, 5) is 37.2. The van der Waals surface area contributed by atoms with Gasteiger partial charge in [0.15, 0.2) is 11.2 Å². The van der Waals surface area contributed by atoms with Gasteiger partial charge in [-0.15, -0.1) is 0 Å². The number of benzene rings is 3. The maximum atomic E-state index is 18.0. The molecule has 3 heterocycles. The van der Waals surface area contributed by atoms with E-state index < -0.39 is 53.2 Å². The summed E-state index contributed by atoms with van der Waals surface area (Å²) in [6.45, 7) is 2.39. The van der Waals surface area contributed by atoms with E-state index in [1.807, 2.05) is 0 Å². The molecule has 1 aliphatic heterocycles. The highest BCUT2D eigenvalue weighted by atomic mass is 19.2. The number of amides is 1. The predicted octanol–water partition coefficient (Wildman–Crippen LogP) is 2.83. The quantitative estimate of drug-likeness (QED) is 0.138. The molecule has 5 N–H and O–H groups in total. The molecule has 1 saturated heterocycles. The van der Waals surface area contributed by atoms with Crippen molar-refractivity contribution >= 4 is 23.0 Å². The molecule has 0 unspecified atom stereocenters. The third-order valence-corrected chi connectivity index (χ3v) is 8.99. The van der Waals surface area contributed by atoms with Crippen LogP contribution in [0.2, 0.25) is 0 Å². The van der Waals surface area contributed by atoms with Gasteiger partial charge in [0.25, 0.3) is 11.4 Å². The molecule has 1 fully saturated rings. The molecule has 256 valence electrons. The van der Waals surface area contributed by atoms with Crippen molar-refractivity contribution in [1.82, 2.24) is 19.5 Å². The van der Waals surface area contributed by atoms with Gasteiger partial charge < -0.3 is 29.5 Å². The van der Waals surface area contributed by atoms with Gasteiger partial charge in [-0.1, -0.05) is 68.4 Å². The number of methoxy groups -OCH3 is 2. The highest BCUT2D eigenvalue weighted by Gasteiger charge is 2.77. The first kappa shape index (κ1) is 33.7. The molecule has 5 aromatic rings. The van der Waals surface area contributed by atoms with Crippen LogP contribution in [0, 0.1) is 5.92 Å². The van der Waals surface area contributed by atoms with E-state index in [2.05, 4.69) is 20.3 Å². The zero-order chi connectivity index (χ0) is 35.1. The van der Waals surface area contributed by atoms with Gasteiger partial charge in [-0.2, -0.15) is 4.98 Å². The lowest BCUT2D eigenvalue weighted by molar-refractivity contribution is -0.277. The maximum absolute atomic E-state index is 18.0. The number of carbonyl (C=O) groups excluding carboxylic acids is 1. The molecule has 0 bridgehead atoms. The molecule has 13 nitrogen and oxygen atoms in total. The van der Waals surface area contributed by atoms with Gasteiger partial charge in [-0.3, -0.25) is 24.5 Å². The number of hydrogen-bond acceptors (Lipinski definition) is 10. The van der Waals surface area contributed by atoms with Crippen molar-refractivity contribution in [2.75, 3.05) is 26.1 Å². The summed E-state index contributed by atoms with van der Waals surface area (Å²) in [6, 6.07) is 21.8. The fraction of sp³-hybridized carbons (Fsp3) is 0.314. The third-order valence-electron chi connectivity index (χ3n) is 8.99. The van der Waals surface area contributed by atoms with Crippen LogP contribution in [0.1, 0.15) is 30.5 Å². The van der Waals surface area contributed by atoms with Crippen molar-refractivity contribution in [2.24, 2.45) is 5.92 Å². The van der Waals surface area contributed by atoms with Gasteiger partial charge >= 0.3 is 0 Å². The zero-order valence-corrected chi connectivity index (χ0v) is 27.1. The fourth-order valence-electron chi connectivity index (χ4n) is 6.63. The van der Waals surface area contributed by atoms with Crippen molar-refractivity contribution in [2.45, 2.75) is 43.1 Å². The molecule has 49 heavy (non-hydrogen) atoms. The number of aromatic amines is 1. The van der Waals surface area contributed by atoms with Crippen molar-refractivity contribution in [1.29, 1.82) is 0 Å².